The van der Waals surface area contributed by atoms with Gasteiger partial charge in [0, 0.05) is 17.4 Å². The number of nitrogens with one attached hydrogen (secondary N) is 2. The Morgan fingerprint density at radius 3 is 2.71 bits per heavy atom. The number of amides is 2. The third kappa shape index (κ3) is 3.96. The lowest BCUT2D eigenvalue weighted by Gasteiger charge is -2.10. The van der Waals surface area contributed by atoms with Gasteiger partial charge in [-0.3, -0.25) is 9.59 Å². The molecule has 1 aromatic carbocycles. The molecule has 5 nitrogen and oxygen atoms in total. The predicted molar refractivity (Wildman–Crippen MR) is 85.9 cm³/mol. The van der Waals surface area contributed by atoms with Crippen LogP contribution in [0.15, 0.2) is 29.6 Å². The van der Waals surface area contributed by atoms with Gasteiger partial charge in [-0.15, -0.1) is 11.3 Å². The first kappa shape index (κ1) is 15.3. The largest absolute Gasteiger partial charge is 0.379 e. The van der Waals surface area contributed by atoms with E-state index < -0.39 is 5.91 Å². The van der Waals surface area contributed by atoms with Crippen LogP contribution in [0.3, 0.4) is 0 Å². The fourth-order valence-corrected chi connectivity index (χ4v) is 2.72. The Balaban J connectivity index is 2.13. The number of primary amides is 1. The van der Waals surface area contributed by atoms with E-state index in [-0.39, 0.29) is 5.91 Å². The minimum absolute atomic E-state index is 0.122. The monoisotopic (exact) mass is 323 g/mol. The topological polar surface area (TPSA) is 84.2 Å². The van der Waals surface area contributed by atoms with Crippen molar-refractivity contribution in [1.82, 2.24) is 0 Å². The van der Waals surface area contributed by atoms with E-state index in [2.05, 4.69) is 10.6 Å². The van der Waals surface area contributed by atoms with Crippen molar-refractivity contribution in [2.75, 3.05) is 10.6 Å². The molecule has 0 radical (unpaired) electrons. The zero-order valence-corrected chi connectivity index (χ0v) is 12.8. The first-order valence-corrected chi connectivity index (χ1v) is 7.40. The molecule has 1 aromatic heterocycles. The third-order valence-electron chi connectivity index (χ3n) is 2.75. The van der Waals surface area contributed by atoms with E-state index >= 15 is 0 Å². The maximum Gasteiger partial charge on any atom is 0.248 e. The van der Waals surface area contributed by atoms with Crippen LogP contribution >= 0.6 is 22.9 Å². The molecule has 0 aliphatic rings. The molecule has 0 saturated heterocycles. The maximum absolute atomic E-state index is 11.2. The Morgan fingerprint density at radius 2 is 2.05 bits per heavy atom. The molecule has 0 bridgehead atoms. The molecule has 2 aromatic rings. The predicted octanol–water partition coefficient (Wildman–Crippen LogP) is 3.07. The van der Waals surface area contributed by atoms with Crippen molar-refractivity contribution in [3.8, 4) is 0 Å². The van der Waals surface area contributed by atoms with Crippen LogP contribution in [0.4, 0.5) is 11.4 Å². The van der Waals surface area contributed by atoms with E-state index in [1.54, 1.807) is 18.2 Å². The van der Waals surface area contributed by atoms with Crippen LogP contribution in [0.25, 0.3) is 0 Å². The van der Waals surface area contributed by atoms with Gasteiger partial charge in [-0.2, -0.15) is 0 Å². The molecular formula is C14H14ClN3O2S. The SMILES string of the molecule is CC(=O)Nc1ccsc1CNc1cc(C(N)=O)ccc1Cl. The van der Waals surface area contributed by atoms with Crippen molar-refractivity contribution >= 4 is 46.1 Å². The summed E-state index contributed by atoms with van der Waals surface area (Å²) in [6.45, 7) is 1.94. The van der Waals surface area contributed by atoms with Gasteiger partial charge in [-0.05, 0) is 29.6 Å². The number of benzene rings is 1. The smallest absolute Gasteiger partial charge is 0.248 e. The number of halogens is 1. The number of thiophene rings is 1. The van der Waals surface area contributed by atoms with E-state index in [1.807, 2.05) is 11.4 Å². The Labute approximate surface area is 131 Å². The van der Waals surface area contributed by atoms with Gasteiger partial charge in [0.15, 0.2) is 0 Å². The Kier molecular flexibility index (Phi) is 4.82. The van der Waals surface area contributed by atoms with Crippen molar-refractivity contribution in [2.45, 2.75) is 13.5 Å². The molecule has 0 aliphatic carbocycles. The standard InChI is InChI=1S/C14H14ClN3O2S/c1-8(19)18-11-4-5-21-13(11)7-17-12-6-9(14(16)20)2-3-10(12)15/h2-6,17H,7H2,1H3,(H2,16,20)(H,18,19). The average molecular weight is 324 g/mol. The summed E-state index contributed by atoms with van der Waals surface area (Å²) in [5.74, 6) is -0.631. The molecule has 0 spiro atoms. The molecule has 110 valence electrons. The van der Waals surface area contributed by atoms with Crippen molar-refractivity contribution in [3.05, 3.63) is 45.1 Å². The van der Waals surface area contributed by atoms with Gasteiger partial charge in [0.1, 0.15) is 0 Å². The van der Waals surface area contributed by atoms with Gasteiger partial charge in [0.05, 0.1) is 22.9 Å². The molecule has 0 saturated carbocycles. The van der Waals surface area contributed by atoms with Gasteiger partial charge in [0.2, 0.25) is 11.8 Å². The van der Waals surface area contributed by atoms with E-state index in [1.165, 1.54) is 18.3 Å². The van der Waals surface area contributed by atoms with Gasteiger partial charge < -0.3 is 16.4 Å². The van der Waals surface area contributed by atoms with E-state index in [0.29, 0.717) is 22.8 Å². The van der Waals surface area contributed by atoms with Crippen LogP contribution in [0.5, 0.6) is 0 Å². The number of carbonyl (C=O) groups excluding carboxylic acids is 2. The molecule has 0 atom stereocenters. The first-order valence-electron chi connectivity index (χ1n) is 6.14. The normalized spacial score (nSPS) is 10.2. The van der Waals surface area contributed by atoms with Crippen molar-refractivity contribution in [2.24, 2.45) is 5.73 Å². The average Bonchev–Trinajstić information content (AvgIpc) is 2.84. The van der Waals surface area contributed by atoms with Crippen molar-refractivity contribution in [1.29, 1.82) is 0 Å². The molecule has 0 fully saturated rings. The molecule has 0 aliphatic heterocycles. The summed E-state index contributed by atoms with van der Waals surface area (Å²) >= 11 is 7.60. The summed E-state index contributed by atoms with van der Waals surface area (Å²) in [6, 6.07) is 6.64. The second kappa shape index (κ2) is 6.60. The number of anilines is 2. The van der Waals surface area contributed by atoms with Gasteiger partial charge in [-0.25, -0.2) is 0 Å². The van der Waals surface area contributed by atoms with Crippen LogP contribution in [-0.2, 0) is 11.3 Å². The molecule has 4 N–H and O–H groups in total. The van der Waals surface area contributed by atoms with Crippen LogP contribution in [0, 0.1) is 0 Å². The maximum atomic E-state index is 11.2. The van der Waals surface area contributed by atoms with Crippen LogP contribution in [0.1, 0.15) is 22.2 Å². The lowest BCUT2D eigenvalue weighted by Crippen LogP contribution is -2.12. The van der Waals surface area contributed by atoms with E-state index in [4.69, 9.17) is 17.3 Å². The van der Waals surface area contributed by atoms with Crippen molar-refractivity contribution < 1.29 is 9.59 Å². The third-order valence-corrected chi connectivity index (χ3v) is 4.00. The molecule has 21 heavy (non-hydrogen) atoms. The molecule has 7 heteroatoms. The highest BCUT2D eigenvalue weighted by atomic mass is 35.5. The van der Waals surface area contributed by atoms with Gasteiger partial charge >= 0.3 is 0 Å². The van der Waals surface area contributed by atoms with E-state index in [0.717, 1.165) is 10.6 Å². The number of carbonyl (C=O) groups is 2. The Hall–Kier alpha value is -2.05. The minimum Gasteiger partial charge on any atom is -0.379 e. The fourth-order valence-electron chi connectivity index (χ4n) is 1.77. The molecule has 2 amide bonds. The molecule has 2 rings (SSSR count). The molecule has 0 unspecified atom stereocenters. The van der Waals surface area contributed by atoms with Crippen LogP contribution in [-0.4, -0.2) is 11.8 Å². The van der Waals surface area contributed by atoms with Crippen LogP contribution in [0.2, 0.25) is 5.02 Å². The second-order valence-corrected chi connectivity index (χ2v) is 5.76. The highest BCUT2D eigenvalue weighted by molar-refractivity contribution is 7.10. The molecular weight excluding hydrogens is 310 g/mol. The van der Waals surface area contributed by atoms with Crippen LogP contribution < -0.4 is 16.4 Å². The Morgan fingerprint density at radius 1 is 1.29 bits per heavy atom. The van der Waals surface area contributed by atoms with E-state index in [9.17, 15) is 9.59 Å². The first-order chi connectivity index (χ1) is 9.97. The van der Waals surface area contributed by atoms with Crippen molar-refractivity contribution in [3.63, 3.8) is 0 Å². The fraction of sp³-hybridized carbons (Fsp3) is 0.143. The summed E-state index contributed by atoms with van der Waals surface area (Å²) in [6.07, 6.45) is 0. The summed E-state index contributed by atoms with van der Waals surface area (Å²) in [4.78, 5) is 23.3. The summed E-state index contributed by atoms with van der Waals surface area (Å²) in [5.41, 5.74) is 7.02. The zero-order valence-electron chi connectivity index (χ0n) is 11.3. The summed E-state index contributed by atoms with van der Waals surface area (Å²) in [7, 11) is 0. The quantitative estimate of drug-likeness (QED) is 0.790. The lowest BCUT2D eigenvalue weighted by atomic mass is 10.2. The number of nitrogens with two attached hydrogens (primary N) is 1. The number of rotatable bonds is 5. The second-order valence-electron chi connectivity index (χ2n) is 4.35. The lowest BCUT2D eigenvalue weighted by molar-refractivity contribution is -0.114. The Bertz CT molecular complexity index is 685. The van der Waals surface area contributed by atoms with Gasteiger partial charge in [-0.1, -0.05) is 11.6 Å². The minimum atomic E-state index is -0.509. The number of hydrogen-bond acceptors (Lipinski definition) is 4. The highest BCUT2D eigenvalue weighted by Gasteiger charge is 2.09. The highest BCUT2D eigenvalue weighted by Crippen LogP contribution is 2.27. The number of hydrogen-bond donors (Lipinski definition) is 3. The zero-order chi connectivity index (χ0) is 15.4. The summed E-state index contributed by atoms with van der Waals surface area (Å²) in [5, 5.41) is 8.29. The molecule has 1 heterocycles. The van der Waals surface area contributed by atoms with Gasteiger partial charge in [0.25, 0.3) is 0 Å². The summed E-state index contributed by atoms with van der Waals surface area (Å²) < 4.78 is 0.